The van der Waals surface area contributed by atoms with Crippen molar-refractivity contribution in [2.75, 3.05) is 19.6 Å². The summed E-state index contributed by atoms with van der Waals surface area (Å²) >= 11 is 0. The predicted molar refractivity (Wildman–Crippen MR) is 62.4 cm³/mol. The molecule has 0 radical (unpaired) electrons. The van der Waals surface area contributed by atoms with Gasteiger partial charge in [0.2, 0.25) is 0 Å². The van der Waals surface area contributed by atoms with Gasteiger partial charge in [0, 0.05) is 25.7 Å². The van der Waals surface area contributed by atoms with Crippen LogP contribution in [0.1, 0.15) is 19.8 Å². The maximum absolute atomic E-state index is 3.81. The highest BCUT2D eigenvalue weighted by atomic mass is 15.0. The van der Waals surface area contributed by atoms with Crippen LogP contribution in [0.4, 0.5) is 0 Å². The van der Waals surface area contributed by atoms with Crippen LogP contribution in [0.15, 0.2) is 24.8 Å². The Bertz CT molecular complexity index is 181. The molecule has 2 N–H and O–H groups in total. The zero-order valence-electron chi connectivity index (χ0n) is 9.13. The fourth-order valence-corrected chi connectivity index (χ4v) is 1.98. The summed E-state index contributed by atoms with van der Waals surface area (Å²) in [5.41, 5.74) is 0. The van der Waals surface area contributed by atoms with Crippen LogP contribution in [-0.2, 0) is 0 Å². The van der Waals surface area contributed by atoms with Crippen molar-refractivity contribution in [3.05, 3.63) is 24.8 Å². The SMILES string of the molecule is C=CCC(/C=C\C)CC1CNCCN1. The number of allylic oxidation sites excluding steroid dienone is 3. The Morgan fingerprint density at radius 1 is 1.50 bits per heavy atom. The van der Waals surface area contributed by atoms with E-state index in [1.807, 2.05) is 6.08 Å². The molecule has 14 heavy (non-hydrogen) atoms. The van der Waals surface area contributed by atoms with E-state index in [2.05, 4.69) is 36.3 Å². The lowest BCUT2D eigenvalue weighted by Gasteiger charge is -2.26. The van der Waals surface area contributed by atoms with Gasteiger partial charge >= 0.3 is 0 Å². The van der Waals surface area contributed by atoms with Gasteiger partial charge in [0.1, 0.15) is 0 Å². The van der Waals surface area contributed by atoms with Gasteiger partial charge in [-0.1, -0.05) is 18.2 Å². The molecule has 0 aromatic rings. The summed E-state index contributed by atoms with van der Waals surface area (Å²) < 4.78 is 0. The van der Waals surface area contributed by atoms with Crippen molar-refractivity contribution in [3.8, 4) is 0 Å². The van der Waals surface area contributed by atoms with Crippen molar-refractivity contribution in [2.45, 2.75) is 25.8 Å². The van der Waals surface area contributed by atoms with E-state index < -0.39 is 0 Å². The molecule has 2 heteroatoms. The number of nitrogens with one attached hydrogen (secondary N) is 2. The largest absolute Gasteiger partial charge is 0.314 e. The van der Waals surface area contributed by atoms with Crippen LogP contribution >= 0.6 is 0 Å². The van der Waals surface area contributed by atoms with E-state index in [0.717, 1.165) is 26.1 Å². The average molecular weight is 194 g/mol. The van der Waals surface area contributed by atoms with Crippen LogP contribution < -0.4 is 10.6 Å². The van der Waals surface area contributed by atoms with Crippen LogP contribution in [0.5, 0.6) is 0 Å². The normalized spacial score (nSPS) is 25.1. The van der Waals surface area contributed by atoms with Crippen molar-refractivity contribution in [1.29, 1.82) is 0 Å². The van der Waals surface area contributed by atoms with Gasteiger partial charge in [-0.15, -0.1) is 6.58 Å². The lowest BCUT2D eigenvalue weighted by atomic mass is 9.95. The summed E-state index contributed by atoms with van der Waals surface area (Å²) in [5.74, 6) is 0.648. The first-order valence-corrected chi connectivity index (χ1v) is 5.54. The van der Waals surface area contributed by atoms with Gasteiger partial charge in [-0.25, -0.2) is 0 Å². The van der Waals surface area contributed by atoms with Gasteiger partial charge in [0.05, 0.1) is 0 Å². The van der Waals surface area contributed by atoms with Gasteiger partial charge in [-0.3, -0.25) is 0 Å². The van der Waals surface area contributed by atoms with Crippen LogP contribution in [0.25, 0.3) is 0 Å². The minimum atomic E-state index is 0.630. The number of hydrogen-bond donors (Lipinski definition) is 2. The van der Waals surface area contributed by atoms with Crippen LogP contribution in [0.2, 0.25) is 0 Å². The minimum Gasteiger partial charge on any atom is -0.314 e. The zero-order valence-corrected chi connectivity index (χ0v) is 9.13. The summed E-state index contributed by atoms with van der Waals surface area (Å²) in [6.45, 7) is 9.20. The summed E-state index contributed by atoms with van der Waals surface area (Å²) in [7, 11) is 0. The average Bonchev–Trinajstić information content (AvgIpc) is 2.20. The molecule has 0 aliphatic carbocycles. The van der Waals surface area contributed by atoms with E-state index >= 15 is 0 Å². The first-order chi connectivity index (χ1) is 6.86. The Morgan fingerprint density at radius 2 is 2.36 bits per heavy atom. The molecular weight excluding hydrogens is 172 g/mol. The van der Waals surface area contributed by atoms with Gasteiger partial charge in [0.15, 0.2) is 0 Å². The second-order valence-electron chi connectivity index (χ2n) is 3.90. The molecule has 0 saturated carbocycles. The first-order valence-electron chi connectivity index (χ1n) is 5.54. The zero-order chi connectivity index (χ0) is 10.2. The van der Waals surface area contributed by atoms with Crippen molar-refractivity contribution in [1.82, 2.24) is 10.6 Å². The van der Waals surface area contributed by atoms with Gasteiger partial charge in [-0.2, -0.15) is 0 Å². The molecular formula is C12H22N2. The van der Waals surface area contributed by atoms with E-state index in [-0.39, 0.29) is 0 Å². The molecule has 0 spiro atoms. The molecule has 1 fully saturated rings. The maximum atomic E-state index is 3.81. The molecule has 2 unspecified atom stereocenters. The van der Waals surface area contributed by atoms with E-state index in [0.29, 0.717) is 12.0 Å². The highest BCUT2D eigenvalue weighted by Crippen LogP contribution is 2.14. The molecule has 80 valence electrons. The Labute approximate surface area is 87.5 Å². The highest BCUT2D eigenvalue weighted by Gasteiger charge is 2.15. The Morgan fingerprint density at radius 3 is 2.93 bits per heavy atom. The van der Waals surface area contributed by atoms with Crippen molar-refractivity contribution in [2.24, 2.45) is 5.92 Å². The third kappa shape index (κ3) is 4.07. The number of hydrogen-bond acceptors (Lipinski definition) is 2. The molecule has 1 heterocycles. The monoisotopic (exact) mass is 194 g/mol. The Balaban J connectivity index is 2.32. The topological polar surface area (TPSA) is 24.1 Å². The Hall–Kier alpha value is -0.600. The number of piperazine rings is 1. The molecule has 0 aromatic carbocycles. The summed E-state index contributed by atoms with van der Waals surface area (Å²) in [4.78, 5) is 0. The molecule has 2 nitrogen and oxygen atoms in total. The summed E-state index contributed by atoms with van der Waals surface area (Å²) in [6, 6.07) is 0.630. The van der Waals surface area contributed by atoms with Gasteiger partial charge < -0.3 is 10.6 Å². The van der Waals surface area contributed by atoms with Crippen LogP contribution in [-0.4, -0.2) is 25.7 Å². The smallest absolute Gasteiger partial charge is 0.0198 e. The first kappa shape index (κ1) is 11.5. The molecule has 0 bridgehead atoms. The van der Waals surface area contributed by atoms with Crippen LogP contribution in [0.3, 0.4) is 0 Å². The molecule has 1 rings (SSSR count). The standard InChI is InChI=1S/C12H22N2/c1-3-5-11(6-4-2)9-12-10-13-7-8-14-12/h3-4,6,11-14H,1,5,7-10H2,2H3/b6-4-. The second kappa shape index (κ2) is 6.80. The van der Waals surface area contributed by atoms with E-state index in [4.69, 9.17) is 0 Å². The van der Waals surface area contributed by atoms with Crippen LogP contribution in [0, 0.1) is 5.92 Å². The minimum absolute atomic E-state index is 0.630. The maximum Gasteiger partial charge on any atom is 0.0198 e. The quantitative estimate of drug-likeness (QED) is 0.651. The van der Waals surface area contributed by atoms with Crippen molar-refractivity contribution < 1.29 is 0 Å². The van der Waals surface area contributed by atoms with E-state index in [9.17, 15) is 0 Å². The number of rotatable bonds is 5. The van der Waals surface area contributed by atoms with Crippen molar-refractivity contribution >= 4 is 0 Å². The second-order valence-corrected chi connectivity index (χ2v) is 3.90. The highest BCUT2D eigenvalue weighted by molar-refractivity contribution is 4.92. The lowest BCUT2D eigenvalue weighted by molar-refractivity contribution is 0.366. The lowest BCUT2D eigenvalue weighted by Crippen LogP contribution is -2.48. The fraction of sp³-hybridized carbons (Fsp3) is 0.667. The van der Waals surface area contributed by atoms with Crippen molar-refractivity contribution in [3.63, 3.8) is 0 Å². The molecule has 0 aromatic heterocycles. The summed E-state index contributed by atoms with van der Waals surface area (Å²) in [5, 5.41) is 6.95. The third-order valence-electron chi connectivity index (χ3n) is 2.65. The third-order valence-corrected chi connectivity index (χ3v) is 2.65. The Kier molecular flexibility index (Phi) is 5.57. The molecule has 1 aliphatic heterocycles. The molecule has 2 atom stereocenters. The molecule has 1 aliphatic rings. The fourth-order valence-electron chi connectivity index (χ4n) is 1.98. The van der Waals surface area contributed by atoms with E-state index in [1.54, 1.807) is 0 Å². The van der Waals surface area contributed by atoms with E-state index in [1.165, 1.54) is 6.42 Å². The van der Waals surface area contributed by atoms with Gasteiger partial charge in [0.25, 0.3) is 0 Å². The molecule has 0 amide bonds. The van der Waals surface area contributed by atoms with Gasteiger partial charge in [-0.05, 0) is 25.7 Å². The molecule has 1 saturated heterocycles. The predicted octanol–water partition coefficient (Wildman–Crippen LogP) is 1.71. The summed E-state index contributed by atoms with van der Waals surface area (Å²) in [6.07, 6.45) is 8.75.